The molecule has 0 aliphatic carbocycles. The van der Waals surface area contributed by atoms with Crippen LogP contribution in [0.25, 0.3) is 0 Å². The van der Waals surface area contributed by atoms with Crippen molar-refractivity contribution < 1.29 is 9.53 Å². The van der Waals surface area contributed by atoms with Crippen molar-refractivity contribution >= 4 is 23.4 Å². The van der Waals surface area contributed by atoms with E-state index in [0.29, 0.717) is 16.6 Å². The van der Waals surface area contributed by atoms with Crippen molar-refractivity contribution in [2.24, 2.45) is 0 Å². The van der Waals surface area contributed by atoms with Crippen molar-refractivity contribution in [2.45, 2.75) is 17.3 Å². The van der Waals surface area contributed by atoms with Gasteiger partial charge in [0.25, 0.3) is 5.56 Å². The summed E-state index contributed by atoms with van der Waals surface area (Å²) in [6.45, 7) is 1.74. The van der Waals surface area contributed by atoms with Gasteiger partial charge in [0.15, 0.2) is 5.16 Å². The number of nitrogens with zero attached hydrogens (tertiary/aromatic N) is 1. The Kier molecular flexibility index (Phi) is 4.99. The van der Waals surface area contributed by atoms with Crippen LogP contribution in [0.3, 0.4) is 0 Å². The van der Waals surface area contributed by atoms with Gasteiger partial charge >= 0.3 is 0 Å². The van der Waals surface area contributed by atoms with Gasteiger partial charge in [-0.3, -0.25) is 9.59 Å². The van der Waals surface area contributed by atoms with Crippen LogP contribution in [-0.2, 0) is 4.79 Å². The van der Waals surface area contributed by atoms with E-state index < -0.39 is 5.25 Å². The zero-order valence-corrected chi connectivity index (χ0v) is 12.4. The second-order valence-corrected chi connectivity index (χ2v) is 5.52. The molecule has 1 aromatic heterocycles. The number of amides is 1. The number of hydrogen-bond acceptors (Lipinski definition) is 5. The number of methoxy groups -OCH3 is 1. The van der Waals surface area contributed by atoms with Crippen LogP contribution in [0.5, 0.6) is 5.75 Å². The van der Waals surface area contributed by atoms with Crippen molar-refractivity contribution in [1.29, 1.82) is 0 Å². The summed E-state index contributed by atoms with van der Waals surface area (Å²) in [6.07, 6.45) is 1.41. The van der Waals surface area contributed by atoms with Gasteiger partial charge in [0, 0.05) is 12.3 Å². The second-order valence-electron chi connectivity index (χ2n) is 4.19. The first kappa shape index (κ1) is 15.1. The van der Waals surface area contributed by atoms with Gasteiger partial charge in [-0.25, -0.2) is 4.98 Å². The van der Waals surface area contributed by atoms with Gasteiger partial charge in [0.1, 0.15) is 5.75 Å². The minimum atomic E-state index is -0.416. The number of aromatic amines is 1. The standard InChI is InChI=1S/C14H15N3O3S/c1-9(21-14-15-8-7-12(18)17-14)13(19)16-10-5-3-4-6-11(10)20-2/h3-9H,1-2H3,(H,16,19)(H,15,17,18)/t9-/m0/s1. The molecule has 0 saturated heterocycles. The highest BCUT2D eigenvalue weighted by Gasteiger charge is 2.17. The van der Waals surface area contributed by atoms with Crippen LogP contribution < -0.4 is 15.6 Å². The fourth-order valence-corrected chi connectivity index (χ4v) is 2.40. The lowest BCUT2D eigenvalue weighted by atomic mass is 10.3. The van der Waals surface area contributed by atoms with Crippen molar-refractivity contribution in [3.8, 4) is 5.75 Å². The molecule has 0 bridgehead atoms. The first-order valence-corrected chi connectivity index (χ1v) is 7.14. The summed E-state index contributed by atoms with van der Waals surface area (Å²) in [5, 5.41) is 2.78. The molecule has 21 heavy (non-hydrogen) atoms. The highest BCUT2D eigenvalue weighted by Crippen LogP contribution is 2.25. The summed E-state index contributed by atoms with van der Waals surface area (Å²) < 4.78 is 5.18. The number of aromatic nitrogens is 2. The smallest absolute Gasteiger partial charge is 0.251 e. The normalized spacial score (nSPS) is 11.7. The number of benzene rings is 1. The molecule has 0 aliphatic rings. The van der Waals surface area contributed by atoms with E-state index in [0.717, 1.165) is 0 Å². The minimum absolute atomic E-state index is 0.198. The average Bonchev–Trinajstić information content (AvgIpc) is 2.47. The van der Waals surface area contributed by atoms with Crippen LogP contribution in [0, 0.1) is 0 Å². The van der Waals surface area contributed by atoms with Crippen LogP contribution in [0.2, 0.25) is 0 Å². The molecule has 0 unspecified atom stereocenters. The maximum atomic E-state index is 12.2. The van der Waals surface area contributed by atoms with Gasteiger partial charge in [-0.2, -0.15) is 0 Å². The number of carbonyl (C=O) groups excluding carboxylic acids is 1. The zero-order chi connectivity index (χ0) is 15.2. The fourth-order valence-electron chi connectivity index (χ4n) is 1.62. The number of hydrogen-bond donors (Lipinski definition) is 2. The van der Waals surface area contributed by atoms with E-state index in [2.05, 4.69) is 15.3 Å². The van der Waals surface area contributed by atoms with Crippen LogP contribution in [-0.4, -0.2) is 28.2 Å². The predicted octanol–water partition coefficient (Wildman–Crippen LogP) is 1.90. The summed E-state index contributed by atoms with van der Waals surface area (Å²) in [6, 6.07) is 8.49. The van der Waals surface area contributed by atoms with E-state index in [9.17, 15) is 9.59 Å². The van der Waals surface area contributed by atoms with E-state index in [1.165, 1.54) is 24.0 Å². The van der Waals surface area contributed by atoms with Gasteiger partial charge in [-0.05, 0) is 19.1 Å². The molecule has 6 nitrogen and oxygen atoms in total. The SMILES string of the molecule is COc1ccccc1NC(=O)[C@H](C)Sc1nccc(=O)[nH]1. The molecular formula is C14H15N3O3S. The average molecular weight is 305 g/mol. The lowest BCUT2D eigenvalue weighted by Gasteiger charge is -2.13. The lowest BCUT2D eigenvalue weighted by Crippen LogP contribution is -2.23. The van der Waals surface area contributed by atoms with E-state index in [4.69, 9.17) is 4.74 Å². The number of rotatable bonds is 5. The summed E-state index contributed by atoms with van der Waals surface area (Å²) in [4.78, 5) is 29.9. The van der Waals surface area contributed by atoms with Gasteiger partial charge in [-0.1, -0.05) is 23.9 Å². The quantitative estimate of drug-likeness (QED) is 0.651. The summed E-state index contributed by atoms with van der Waals surface area (Å²) in [5.41, 5.74) is 0.358. The molecule has 1 aromatic carbocycles. The Labute approximate surface area is 125 Å². The number of para-hydroxylation sites is 2. The summed E-state index contributed by atoms with van der Waals surface area (Å²) in [7, 11) is 1.54. The molecule has 7 heteroatoms. The molecule has 2 aromatic rings. The largest absolute Gasteiger partial charge is 0.495 e. The topological polar surface area (TPSA) is 84.1 Å². The Morgan fingerprint density at radius 3 is 2.86 bits per heavy atom. The maximum Gasteiger partial charge on any atom is 0.251 e. The van der Waals surface area contributed by atoms with Crippen molar-refractivity contribution in [3.05, 3.63) is 46.9 Å². The van der Waals surface area contributed by atoms with Gasteiger partial charge in [0.05, 0.1) is 18.0 Å². The van der Waals surface area contributed by atoms with Crippen molar-refractivity contribution in [2.75, 3.05) is 12.4 Å². The van der Waals surface area contributed by atoms with Crippen LogP contribution in [0.1, 0.15) is 6.92 Å². The van der Waals surface area contributed by atoms with Gasteiger partial charge in [-0.15, -0.1) is 0 Å². The minimum Gasteiger partial charge on any atom is -0.495 e. The first-order valence-electron chi connectivity index (χ1n) is 6.26. The third kappa shape index (κ3) is 4.09. The molecule has 0 fully saturated rings. The molecule has 0 aliphatic heterocycles. The number of ether oxygens (including phenoxy) is 1. The van der Waals surface area contributed by atoms with Crippen molar-refractivity contribution in [3.63, 3.8) is 0 Å². The van der Waals surface area contributed by atoms with Crippen molar-refractivity contribution in [1.82, 2.24) is 9.97 Å². The molecule has 0 saturated carbocycles. The van der Waals surface area contributed by atoms with Crippen LogP contribution in [0.15, 0.2) is 46.5 Å². The molecule has 0 spiro atoms. The maximum absolute atomic E-state index is 12.2. The Bertz CT molecular complexity index is 687. The van der Waals surface area contributed by atoms with E-state index in [1.807, 2.05) is 12.1 Å². The van der Waals surface area contributed by atoms with E-state index in [-0.39, 0.29) is 11.5 Å². The number of carbonyl (C=O) groups is 1. The number of thioether (sulfide) groups is 1. The molecule has 0 radical (unpaired) electrons. The lowest BCUT2D eigenvalue weighted by molar-refractivity contribution is -0.115. The third-order valence-electron chi connectivity index (χ3n) is 2.67. The molecule has 2 rings (SSSR count). The fraction of sp³-hybridized carbons (Fsp3) is 0.214. The number of H-pyrrole nitrogens is 1. The van der Waals surface area contributed by atoms with E-state index in [1.54, 1.807) is 26.2 Å². The predicted molar refractivity (Wildman–Crippen MR) is 81.8 cm³/mol. The summed E-state index contributed by atoms with van der Waals surface area (Å²) in [5.74, 6) is 0.394. The molecule has 110 valence electrons. The molecule has 2 N–H and O–H groups in total. The Morgan fingerprint density at radius 1 is 1.38 bits per heavy atom. The highest BCUT2D eigenvalue weighted by atomic mass is 32.2. The Hall–Kier alpha value is -2.28. The molecular weight excluding hydrogens is 290 g/mol. The number of anilines is 1. The van der Waals surface area contributed by atoms with E-state index >= 15 is 0 Å². The van der Waals surface area contributed by atoms with Crippen LogP contribution >= 0.6 is 11.8 Å². The van der Waals surface area contributed by atoms with Gasteiger partial charge in [0.2, 0.25) is 5.91 Å². The molecule has 1 atom stereocenters. The summed E-state index contributed by atoms with van der Waals surface area (Å²) >= 11 is 1.18. The number of nitrogens with one attached hydrogen (secondary N) is 2. The zero-order valence-electron chi connectivity index (χ0n) is 11.6. The monoisotopic (exact) mass is 305 g/mol. The van der Waals surface area contributed by atoms with Crippen LogP contribution in [0.4, 0.5) is 5.69 Å². The third-order valence-corrected chi connectivity index (χ3v) is 3.67. The second kappa shape index (κ2) is 6.94. The van der Waals surface area contributed by atoms with Gasteiger partial charge < -0.3 is 15.0 Å². The highest BCUT2D eigenvalue weighted by molar-refractivity contribution is 8.00. The molecule has 1 amide bonds. The first-order chi connectivity index (χ1) is 10.1. The Morgan fingerprint density at radius 2 is 2.14 bits per heavy atom. The molecule has 1 heterocycles. The Balaban J connectivity index is 2.04.